The van der Waals surface area contributed by atoms with Crippen LogP contribution in [-0.2, 0) is 41.7 Å². The first-order chi connectivity index (χ1) is 43.4. The molecule has 3 aromatic rings. The molecule has 0 spiro atoms. The molecule has 0 N–H and O–H groups in total. The molecule has 10 atom stereocenters. The summed E-state index contributed by atoms with van der Waals surface area (Å²) < 4.78 is 71.5. The van der Waals surface area contributed by atoms with Crippen molar-refractivity contribution in [2.75, 3.05) is 24.4 Å². The van der Waals surface area contributed by atoms with Gasteiger partial charge >= 0.3 is 5.97 Å². The summed E-state index contributed by atoms with van der Waals surface area (Å²) in [4.78, 5) is 13.7. The third kappa shape index (κ3) is 22.9. The van der Waals surface area contributed by atoms with Crippen molar-refractivity contribution in [2.45, 2.75) is 292 Å². The zero-order chi connectivity index (χ0) is 70.6. The van der Waals surface area contributed by atoms with Gasteiger partial charge in [-0.05, 0) is 161 Å². The van der Waals surface area contributed by atoms with E-state index >= 15 is 0 Å². The Labute approximate surface area is 589 Å². The van der Waals surface area contributed by atoms with Gasteiger partial charge in [0, 0.05) is 30.8 Å². The average molecular weight is 1480 g/mol. The Kier molecular flexibility index (Phi) is 29.7. The van der Waals surface area contributed by atoms with Crippen LogP contribution >= 0.6 is 22.6 Å². The number of halogens is 1. The number of benzene rings is 3. The molecule has 0 aromatic heterocycles. The molecule has 3 aromatic carbocycles. The van der Waals surface area contributed by atoms with Crippen LogP contribution in [0, 0.1) is 24.7 Å². The minimum atomic E-state index is -2.78. The smallest absolute Gasteiger partial charge is 0.339 e. The summed E-state index contributed by atoms with van der Waals surface area (Å²) in [5, 5.41) is 2.50. The summed E-state index contributed by atoms with van der Waals surface area (Å²) in [6.45, 7) is 61.3. The summed E-state index contributed by atoms with van der Waals surface area (Å²) in [6, 6.07) is 24.4. The topological polar surface area (TPSA) is 119 Å². The van der Waals surface area contributed by atoms with E-state index in [9.17, 15) is 4.79 Å². The lowest BCUT2D eigenvalue weighted by Crippen LogP contribution is -2.67. The lowest BCUT2D eigenvalue weighted by Gasteiger charge is -2.45. The standard InChI is InChI=1S/C51H76O8Si3.C21H41IO3Si.C5H10O/c1-36(38(3)58-62(50(7,8)9,39-24-19-17-20-25-39)40-26-21-18-22-27-40)30-31-43(59-61(15,16)49(4,5)6)47-42(56-51(10,11)57-47)29-23-28-41-45(48(52)53-32-33-60(12,13)14)37(2)34-44-46(41)55-35-54-44;1-15(2)16(3)11-12-18(25-26(9,10)20(4,5)6)19-17(13-14-22)23-21(7,8)24-19;1-5-3-2-4-6-5/h17-28,30-31,34,36,38,42-43,47H,29,32-33,35H2,1-16H3;11-12,15-19H,13-14H2,1-10H3;5H,2-4H2,1H3/b28-23+,31-30-;12-11-;/t36-,38+,42+,43?,47+;16-,17+,18?,19+;/m11./s1. The normalized spacial score (nSPS) is 22.7. The Morgan fingerprint density at radius 2 is 1.17 bits per heavy atom. The van der Waals surface area contributed by atoms with E-state index in [0.29, 0.717) is 53.6 Å². The van der Waals surface area contributed by atoms with E-state index in [1.165, 1.54) is 23.2 Å². The second kappa shape index (κ2) is 34.1. The van der Waals surface area contributed by atoms with Gasteiger partial charge in [0.05, 0.1) is 42.7 Å². The van der Waals surface area contributed by atoms with Crippen molar-refractivity contribution in [1.29, 1.82) is 0 Å². The van der Waals surface area contributed by atoms with Gasteiger partial charge in [0.2, 0.25) is 6.79 Å². The summed E-state index contributed by atoms with van der Waals surface area (Å²) in [6.07, 6.45) is 16.3. The van der Waals surface area contributed by atoms with Crippen molar-refractivity contribution in [3.8, 4) is 11.5 Å². The van der Waals surface area contributed by atoms with E-state index in [1.54, 1.807) is 0 Å². The van der Waals surface area contributed by atoms with Crippen molar-refractivity contribution >= 4 is 78.0 Å². The predicted molar refractivity (Wildman–Crippen MR) is 409 cm³/mol. The van der Waals surface area contributed by atoms with Crippen molar-refractivity contribution < 1.29 is 56.0 Å². The van der Waals surface area contributed by atoms with Gasteiger partial charge in [-0.3, -0.25) is 0 Å². The van der Waals surface area contributed by atoms with Gasteiger partial charge in [0.25, 0.3) is 8.32 Å². The van der Waals surface area contributed by atoms with Crippen molar-refractivity contribution in [3.63, 3.8) is 0 Å². The zero-order valence-corrected chi connectivity index (χ0v) is 69.5. The number of allylic oxidation sites excluding steroid dienone is 1. The number of alkyl halides is 1. The summed E-state index contributed by atoms with van der Waals surface area (Å²) in [7, 11) is -8.42. The summed E-state index contributed by atoms with van der Waals surface area (Å²) >= 11 is 2.42. The van der Waals surface area contributed by atoms with E-state index in [0.717, 1.165) is 29.1 Å². The molecule has 17 heteroatoms. The van der Waals surface area contributed by atoms with Crippen molar-refractivity contribution in [1.82, 2.24) is 0 Å². The Balaban J connectivity index is 0.000000410. The van der Waals surface area contributed by atoms with Crippen LogP contribution in [0.4, 0.5) is 0 Å². The number of hydrogen-bond acceptors (Lipinski definition) is 12. The van der Waals surface area contributed by atoms with E-state index in [4.69, 9.17) is 51.2 Å². The number of carbonyl (C=O) groups excluding carboxylic acids is 1. The van der Waals surface area contributed by atoms with Gasteiger partial charge in [-0.2, -0.15) is 0 Å². The molecule has 3 unspecified atom stereocenters. The zero-order valence-electron chi connectivity index (χ0n) is 63.3. The number of rotatable bonds is 25. The fourth-order valence-corrected chi connectivity index (χ4v) is 20.1. The Hall–Kier alpha value is -2.77. The first-order valence-electron chi connectivity index (χ1n) is 35.0. The molecule has 12 nitrogen and oxygen atoms in total. The van der Waals surface area contributed by atoms with Gasteiger partial charge in [0.1, 0.15) is 12.2 Å². The largest absolute Gasteiger partial charge is 0.462 e. The molecule has 0 saturated carbocycles. The van der Waals surface area contributed by atoms with E-state index in [-0.39, 0.29) is 64.3 Å². The van der Waals surface area contributed by atoms with Crippen molar-refractivity contribution in [3.05, 3.63) is 114 Å². The molecule has 0 amide bonds. The lowest BCUT2D eigenvalue weighted by molar-refractivity contribution is -0.152. The second-order valence-electron chi connectivity index (χ2n) is 33.3. The van der Waals surface area contributed by atoms with Gasteiger partial charge in [-0.25, -0.2) is 4.79 Å². The maximum Gasteiger partial charge on any atom is 0.339 e. The first kappa shape index (κ1) is 81.9. The quantitative estimate of drug-likeness (QED) is 0.0264. The molecular weight excluding hydrogens is 1360 g/mol. The van der Waals surface area contributed by atoms with Gasteiger partial charge in [0.15, 0.2) is 39.7 Å². The Morgan fingerprint density at radius 3 is 1.61 bits per heavy atom. The molecule has 0 radical (unpaired) electrons. The molecule has 0 bridgehead atoms. The molecule has 530 valence electrons. The van der Waals surface area contributed by atoms with Crippen LogP contribution < -0.4 is 19.8 Å². The number of esters is 1. The minimum absolute atomic E-state index is 0.0392. The van der Waals surface area contributed by atoms with E-state index < -0.39 is 56.8 Å². The second-order valence-corrected chi connectivity index (χ2v) is 53.7. The van der Waals surface area contributed by atoms with Crippen LogP contribution in [0.3, 0.4) is 0 Å². The van der Waals surface area contributed by atoms with E-state index in [2.05, 4.69) is 257 Å². The van der Waals surface area contributed by atoms with Gasteiger partial charge in [-0.1, -0.05) is 229 Å². The van der Waals surface area contributed by atoms with Crippen LogP contribution in [-0.4, -0.2) is 124 Å². The molecule has 94 heavy (non-hydrogen) atoms. The Bertz CT molecular complexity index is 2870. The monoisotopic (exact) mass is 1480 g/mol. The van der Waals surface area contributed by atoms with Crippen LogP contribution in [0.15, 0.2) is 97.1 Å². The fraction of sp³-hybridized carbons (Fsp3) is 0.675. The van der Waals surface area contributed by atoms with Crippen molar-refractivity contribution in [2.24, 2.45) is 17.8 Å². The molecule has 7 rings (SSSR count). The highest BCUT2D eigenvalue weighted by Crippen LogP contribution is 2.45. The average Bonchev–Trinajstić information content (AvgIpc) is 1.16. The molecule has 0 aliphatic carbocycles. The summed E-state index contributed by atoms with van der Waals surface area (Å²) in [5.74, 6) is 0.600. The number of fused-ring (bicyclic) bond motifs is 1. The van der Waals surface area contributed by atoms with Gasteiger partial charge < -0.3 is 51.2 Å². The lowest BCUT2D eigenvalue weighted by atomic mass is 9.96. The molecule has 4 heterocycles. The van der Waals surface area contributed by atoms with Crippen LogP contribution in [0.1, 0.15) is 179 Å². The molecule has 3 fully saturated rings. The number of carbonyl (C=O) groups is 1. The van der Waals surface area contributed by atoms with Gasteiger partial charge in [-0.15, -0.1) is 0 Å². The predicted octanol–water partition coefficient (Wildman–Crippen LogP) is 19.4. The Morgan fingerprint density at radius 1 is 0.670 bits per heavy atom. The highest BCUT2D eigenvalue weighted by atomic mass is 127. The molecule has 4 aliphatic heterocycles. The molecule has 4 aliphatic rings. The van der Waals surface area contributed by atoms with Crippen LogP contribution in [0.5, 0.6) is 11.5 Å². The third-order valence-corrected chi connectivity index (χ3v) is 36.1. The highest BCUT2D eigenvalue weighted by molar-refractivity contribution is 14.1. The molecular formula is C77H127IO12Si4. The van der Waals surface area contributed by atoms with Crippen LogP contribution in [0.25, 0.3) is 6.08 Å². The highest BCUT2D eigenvalue weighted by Gasteiger charge is 2.53. The first-order valence-corrected chi connectivity index (χ1v) is 48.0. The maximum absolute atomic E-state index is 13.7. The minimum Gasteiger partial charge on any atom is -0.462 e. The van der Waals surface area contributed by atoms with E-state index in [1.807, 2.05) is 52.8 Å². The third-order valence-electron chi connectivity index (χ3n) is 19.7. The summed E-state index contributed by atoms with van der Waals surface area (Å²) in [5.41, 5.74) is 1.93. The number of hydrogen-bond donors (Lipinski definition) is 0. The molecule has 3 saturated heterocycles. The fourth-order valence-electron chi connectivity index (χ4n) is 11.5. The number of ether oxygens (including phenoxy) is 8. The van der Waals surface area contributed by atoms with Crippen LogP contribution in [0.2, 0.25) is 67.0 Å². The SMILES string of the molecule is CC(C)[C@H](C)/C=C\C(O[Si](C)(C)C(C)(C)C)[C@H]1OC(C)(C)O[C@H]1CCI.CC1CCCO1.Cc1cc2c(c(/C=C/C[C@@H]3OC(C)(C)O[C@@H]3C(/C=C\[C@@H](C)[C@H](C)O[Si](c3ccccc3)(c3ccccc3)C(C)(C)C)O[Si](C)(C)C(C)(C)C)c1C(=O)OCC[Si](C)(C)C)OCO2. The number of aryl methyl sites for hydroxylation is 1. The maximum atomic E-state index is 13.7.